The zero-order valence-electron chi connectivity index (χ0n) is 16.9. The summed E-state index contributed by atoms with van der Waals surface area (Å²) in [5.74, 6) is 0.432. The highest BCUT2D eigenvalue weighted by Gasteiger charge is 2.22. The SMILES string of the molecule is Cc1noc2nc(-c3ccco3)cc(C(=O)NCc3ccc(N4CCCC4=O)cc3)c12. The molecular weight excluding hydrogens is 396 g/mol. The van der Waals surface area contributed by atoms with Crippen LogP contribution in [-0.4, -0.2) is 28.5 Å². The fraction of sp³-hybridized carbons (Fsp3) is 0.217. The van der Waals surface area contributed by atoms with Crippen molar-refractivity contribution in [1.29, 1.82) is 0 Å². The molecule has 8 nitrogen and oxygen atoms in total. The van der Waals surface area contributed by atoms with Gasteiger partial charge in [-0.1, -0.05) is 17.3 Å². The number of rotatable bonds is 5. The Morgan fingerprint density at radius 2 is 2.06 bits per heavy atom. The number of carbonyl (C=O) groups excluding carboxylic acids is 2. The maximum Gasteiger partial charge on any atom is 0.259 e. The van der Waals surface area contributed by atoms with Crippen LogP contribution < -0.4 is 10.2 Å². The minimum Gasteiger partial charge on any atom is -0.463 e. The first-order valence-electron chi connectivity index (χ1n) is 10.1. The smallest absolute Gasteiger partial charge is 0.259 e. The number of aromatic nitrogens is 2. The molecule has 0 bridgehead atoms. The number of aryl methyl sites for hydroxylation is 1. The molecule has 4 aromatic rings. The van der Waals surface area contributed by atoms with Gasteiger partial charge in [0.05, 0.1) is 22.9 Å². The molecule has 1 aliphatic rings. The van der Waals surface area contributed by atoms with Gasteiger partial charge >= 0.3 is 0 Å². The van der Waals surface area contributed by atoms with Gasteiger partial charge in [-0.15, -0.1) is 0 Å². The van der Waals surface area contributed by atoms with Crippen molar-refractivity contribution >= 4 is 28.6 Å². The highest BCUT2D eigenvalue weighted by molar-refractivity contribution is 6.06. The van der Waals surface area contributed by atoms with Crippen molar-refractivity contribution in [2.75, 3.05) is 11.4 Å². The molecular formula is C23H20N4O4. The van der Waals surface area contributed by atoms with E-state index in [0.29, 0.717) is 41.1 Å². The third kappa shape index (κ3) is 3.56. The summed E-state index contributed by atoms with van der Waals surface area (Å²) in [5.41, 5.74) is 3.63. The largest absolute Gasteiger partial charge is 0.463 e. The number of nitrogens with zero attached hydrogens (tertiary/aromatic N) is 3. The number of pyridine rings is 1. The second kappa shape index (κ2) is 7.71. The third-order valence-corrected chi connectivity index (χ3v) is 5.41. The molecule has 0 spiro atoms. The standard InChI is InChI=1S/C23H20N4O4/c1-14-21-17(12-18(19-4-3-11-30-19)25-23(21)31-26-14)22(29)24-13-15-6-8-16(9-7-15)27-10-2-5-20(27)28/h3-4,6-9,11-12H,2,5,10,13H2,1H3,(H,24,29). The number of hydrogen-bond acceptors (Lipinski definition) is 6. The maximum atomic E-state index is 13.0. The second-order valence-electron chi connectivity index (χ2n) is 7.48. The normalized spacial score (nSPS) is 13.8. The predicted octanol–water partition coefficient (Wildman–Crippen LogP) is 3.85. The monoisotopic (exact) mass is 416 g/mol. The van der Waals surface area contributed by atoms with E-state index in [0.717, 1.165) is 24.2 Å². The predicted molar refractivity (Wildman–Crippen MR) is 113 cm³/mol. The summed E-state index contributed by atoms with van der Waals surface area (Å²) in [4.78, 5) is 31.1. The van der Waals surface area contributed by atoms with E-state index < -0.39 is 0 Å². The lowest BCUT2D eigenvalue weighted by molar-refractivity contribution is -0.117. The lowest BCUT2D eigenvalue weighted by atomic mass is 10.1. The average molecular weight is 416 g/mol. The maximum absolute atomic E-state index is 13.0. The number of fused-ring (bicyclic) bond motifs is 1. The first-order chi connectivity index (χ1) is 15.1. The molecule has 3 aromatic heterocycles. The fourth-order valence-corrected chi connectivity index (χ4v) is 3.82. The lowest BCUT2D eigenvalue weighted by Crippen LogP contribution is -2.24. The molecule has 0 aliphatic carbocycles. The summed E-state index contributed by atoms with van der Waals surface area (Å²) >= 11 is 0. The molecule has 0 atom stereocenters. The van der Waals surface area contributed by atoms with E-state index in [1.54, 1.807) is 36.3 Å². The Bertz CT molecular complexity index is 1260. The molecule has 1 aromatic carbocycles. The van der Waals surface area contributed by atoms with Gasteiger partial charge in [0.25, 0.3) is 11.6 Å². The van der Waals surface area contributed by atoms with Crippen molar-refractivity contribution < 1.29 is 18.5 Å². The van der Waals surface area contributed by atoms with E-state index in [2.05, 4.69) is 15.5 Å². The van der Waals surface area contributed by atoms with Crippen LogP contribution in [0.1, 0.15) is 34.5 Å². The van der Waals surface area contributed by atoms with Crippen molar-refractivity contribution in [2.24, 2.45) is 0 Å². The number of amides is 2. The minimum atomic E-state index is -0.259. The van der Waals surface area contributed by atoms with Crippen LogP contribution in [0, 0.1) is 6.92 Å². The first kappa shape index (κ1) is 19.0. The molecule has 5 rings (SSSR count). The van der Waals surface area contributed by atoms with Crippen LogP contribution in [0.3, 0.4) is 0 Å². The van der Waals surface area contributed by atoms with Crippen molar-refractivity contribution in [3.8, 4) is 11.5 Å². The van der Waals surface area contributed by atoms with Gasteiger partial charge in [0.1, 0.15) is 5.69 Å². The van der Waals surface area contributed by atoms with Gasteiger partial charge in [-0.05, 0) is 49.2 Å². The number of nitrogens with one attached hydrogen (secondary N) is 1. The highest BCUT2D eigenvalue weighted by Crippen LogP contribution is 2.27. The fourth-order valence-electron chi connectivity index (χ4n) is 3.82. The molecule has 4 heterocycles. The second-order valence-corrected chi connectivity index (χ2v) is 7.48. The van der Waals surface area contributed by atoms with Crippen LogP contribution in [0.15, 0.2) is 57.7 Å². The Morgan fingerprint density at radius 1 is 1.23 bits per heavy atom. The van der Waals surface area contributed by atoms with Crippen LogP contribution in [0.25, 0.3) is 22.6 Å². The van der Waals surface area contributed by atoms with Gasteiger partial charge in [-0.25, -0.2) is 4.98 Å². The number of anilines is 1. The molecule has 0 radical (unpaired) electrons. The Labute approximate surface area is 177 Å². The van der Waals surface area contributed by atoms with Gasteiger partial charge in [0.15, 0.2) is 5.76 Å². The molecule has 156 valence electrons. The van der Waals surface area contributed by atoms with Crippen molar-refractivity contribution in [1.82, 2.24) is 15.5 Å². The quantitative estimate of drug-likeness (QED) is 0.530. The summed E-state index contributed by atoms with van der Waals surface area (Å²) in [6.45, 7) is 2.87. The van der Waals surface area contributed by atoms with E-state index in [-0.39, 0.29) is 17.5 Å². The van der Waals surface area contributed by atoms with Crippen LogP contribution in [-0.2, 0) is 11.3 Å². The Balaban J connectivity index is 1.37. The molecule has 0 saturated carbocycles. The summed E-state index contributed by atoms with van der Waals surface area (Å²) in [6.07, 6.45) is 3.03. The van der Waals surface area contributed by atoms with Crippen molar-refractivity contribution in [3.63, 3.8) is 0 Å². The zero-order chi connectivity index (χ0) is 21.4. The van der Waals surface area contributed by atoms with Gasteiger partial charge in [0, 0.05) is 25.2 Å². The van der Waals surface area contributed by atoms with Crippen LogP contribution in [0.4, 0.5) is 5.69 Å². The van der Waals surface area contributed by atoms with Gasteiger partial charge in [-0.2, -0.15) is 0 Å². The third-order valence-electron chi connectivity index (χ3n) is 5.41. The van der Waals surface area contributed by atoms with Gasteiger partial charge < -0.3 is 19.2 Å². The molecule has 8 heteroatoms. The topological polar surface area (TPSA) is 101 Å². The Morgan fingerprint density at radius 3 is 2.77 bits per heavy atom. The molecule has 31 heavy (non-hydrogen) atoms. The molecule has 0 unspecified atom stereocenters. The first-order valence-corrected chi connectivity index (χ1v) is 10.1. The van der Waals surface area contributed by atoms with E-state index >= 15 is 0 Å². The lowest BCUT2D eigenvalue weighted by Gasteiger charge is -2.16. The molecule has 1 saturated heterocycles. The van der Waals surface area contributed by atoms with E-state index in [4.69, 9.17) is 8.94 Å². The number of benzene rings is 1. The van der Waals surface area contributed by atoms with E-state index in [1.807, 2.05) is 24.3 Å². The average Bonchev–Trinajstić information content (AvgIpc) is 3.54. The van der Waals surface area contributed by atoms with Gasteiger partial charge in [0.2, 0.25) is 5.91 Å². The molecule has 1 N–H and O–H groups in total. The number of furan rings is 1. The van der Waals surface area contributed by atoms with Crippen LogP contribution in [0.5, 0.6) is 0 Å². The van der Waals surface area contributed by atoms with E-state index in [1.165, 1.54) is 0 Å². The zero-order valence-corrected chi connectivity index (χ0v) is 16.9. The Kier molecular flexibility index (Phi) is 4.74. The van der Waals surface area contributed by atoms with Gasteiger partial charge in [-0.3, -0.25) is 9.59 Å². The summed E-state index contributed by atoms with van der Waals surface area (Å²) in [6, 6.07) is 12.9. The van der Waals surface area contributed by atoms with Crippen molar-refractivity contribution in [3.05, 3.63) is 65.5 Å². The summed E-state index contributed by atoms with van der Waals surface area (Å²) < 4.78 is 10.7. The Hall–Kier alpha value is -3.94. The van der Waals surface area contributed by atoms with Crippen molar-refractivity contribution in [2.45, 2.75) is 26.3 Å². The molecule has 2 amide bonds. The van der Waals surface area contributed by atoms with Crippen LogP contribution >= 0.6 is 0 Å². The summed E-state index contributed by atoms with van der Waals surface area (Å²) in [5, 5.41) is 7.48. The minimum absolute atomic E-state index is 0.152. The van der Waals surface area contributed by atoms with Crippen LogP contribution in [0.2, 0.25) is 0 Å². The summed E-state index contributed by atoms with van der Waals surface area (Å²) in [7, 11) is 0. The molecule has 1 aliphatic heterocycles. The molecule has 1 fully saturated rings. The number of hydrogen-bond donors (Lipinski definition) is 1. The van der Waals surface area contributed by atoms with E-state index in [9.17, 15) is 9.59 Å². The highest BCUT2D eigenvalue weighted by atomic mass is 16.5. The number of carbonyl (C=O) groups is 2.